The third-order valence-corrected chi connectivity index (χ3v) is 3.75. The van der Waals surface area contributed by atoms with Crippen molar-refractivity contribution in [2.24, 2.45) is 0 Å². The summed E-state index contributed by atoms with van der Waals surface area (Å²) < 4.78 is 23.2. The van der Waals surface area contributed by atoms with Crippen LogP contribution >= 0.6 is 0 Å². The van der Waals surface area contributed by atoms with E-state index in [0.717, 1.165) is 0 Å². The van der Waals surface area contributed by atoms with Gasteiger partial charge in [0.25, 0.3) is 5.91 Å². The van der Waals surface area contributed by atoms with E-state index in [1.54, 1.807) is 19.1 Å². The molecule has 0 saturated carbocycles. The lowest BCUT2D eigenvalue weighted by Gasteiger charge is -2.21. The van der Waals surface area contributed by atoms with Gasteiger partial charge in [-0.1, -0.05) is 12.1 Å². The van der Waals surface area contributed by atoms with Crippen LogP contribution in [0.2, 0.25) is 0 Å². The van der Waals surface area contributed by atoms with Crippen LogP contribution in [0.1, 0.15) is 22.8 Å². The molecule has 0 atom stereocenters. The van der Waals surface area contributed by atoms with Gasteiger partial charge < -0.3 is 19.5 Å². The van der Waals surface area contributed by atoms with Crippen LogP contribution < -0.4 is 4.74 Å². The van der Waals surface area contributed by atoms with Crippen molar-refractivity contribution in [3.05, 3.63) is 59.4 Å². The number of methoxy groups -OCH3 is 1. The van der Waals surface area contributed by atoms with Crippen molar-refractivity contribution >= 4 is 11.9 Å². The largest absolute Gasteiger partial charge is 0.507 e. The van der Waals surface area contributed by atoms with E-state index in [1.807, 2.05) is 0 Å². The number of likely N-dealkylation sites (N-methyl/N-ethyl adjacent to an activating group) is 1. The number of hydrogen-bond acceptors (Lipinski definition) is 5. The number of halogens is 1. The summed E-state index contributed by atoms with van der Waals surface area (Å²) in [4.78, 5) is 25.7. The first kappa shape index (κ1) is 19.2. The van der Waals surface area contributed by atoms with Gasteiger partial charge in [-0.25, -0.2) is 9.18 Å². The first-order chi connectivity index (χ1) is 12.4. The molecule has 2 aromatic carbocycles. The van der Waals surface area contributed by atoms with Gasteiger partial charge in [0.1, 0.15) is 22.9 Å². The fourth-order valence-electron chi connectivity index (χ4n) is 2.34. The first-order valence-corrected chi connectivity index (χ1v) is 8.01. The van der Waals surface area contributed by atoms with Crippen LogP contribution in [-0.4, -0.2) is 42.1 Å². The molecule has 26 heavy (non-hydrogen) atoms. The highest BCUT2D eigenvalue weighted by Crippen LogP contribution is 2.24. The molecule has 2 rings (SSSR count). The Morgan fingerprint density at radius 3 is 2.58 bits per heavy atom. The third-order valence-electron chi connectivity index (χ3n) is 3.75. The number of esters is 1. The lowest BCUT2D eigenvalue weighted by molar-refractivity contribution is -0.135. The monoisotopic (exact) mass is 361 g/mol. The van der Waals surface area contributed by atoms with Crippen LogP contribution in [-0.2, 0) is 16.1 Å². The lowest BCUT2D eigenvalue weighted by atomic mass is 10.2. The minimum Gasteiger partial charge on any atom is -0.507 e. The van der Waals surface area contributed by atoms with Crippen molar-refractivity contribution in [3.8, 4) is 11.5 Å². The van der Waals surface area contributed by atoms with E-state index in [2.05, 4.69) is 0 Å². The topological polar surface area (TPSA) is 76.1 Å². The Labute approximate surface area is 150 Å². The number of phenolic OH excluding ortho intramolecular Hbond substituents is 1. The highest BCUT2D eigenvalue weighted by molar-refractivity contribution is 5.94. The number of benzene rings is 2. The Morgan fingerprint density at radius 2 is 1.96 bits per heavy atom. The highest BCUT2D eigenvalue weighted by atomic mass is 19.1. The normalized spacial score (nSPS) is 10.3. The summed E-state index contributed by atoms with van der Waals surface area (Å²) in [6.45, 7) is 1.88. The number of ether oxygens (including phenoxy) is 2. The Kier molecular flexibility index (Phi) is 6.54. The van der Waals surface area contributed by atoms with Gasteiger partial charge in [0, 0.05) is 19.2 Å². The van der Waals surface area contributed by atoms with Gasteiger partial charge in [-0.05, 0) is 36.8 Å². The van der Waals surface area contributed by atoms with E-state index < -0.39 is 18.5 Å². The summed E-state index contributed by atoms with van der Waals surface area (Å²) in [7, 11) is 1.43. The summed E-state index contributed by atoms with van der Waals surface area (Å²) in [6, 6.07) is 10.1. The number of phenols is 1. The molecule has 2 aromatic rings. The SMILES string of the molecule is CCN(Cc1cccc(F)c1)C(=O)COC(=O)c1ccc(OC)cc1O. The summed E-state index contributed by atoms with van der Waals surface area (Å²) in [5.74, 6) is -1.53. The minimum absolute atomic E-state index is 0.0632. The molecule has 1 N–H and O–H groups in total. The van der Waals surface area contributed by atoms with Gasteiger partial charge in [-0.3, -0.25) is 4.79 Å². The molecule has 0 unspecified atom stereocenters. The quantitative estimate of drug-likeness (QED) is 0.768. The number of amides is 1. The second-order valence-corrected chi connectivity index (χ2v) is 5.50. The fourth-order valence-corrected chi connectivity index (χ4v) is 2.34. The molecule has 0 bridgehead atoms. The molecule has 0 aliphatic carbocycles. The number of carbonyl (C=O) groups excluding carboxylic acids is 2. The van der Waals surface area contributed by atoms with Gasteiger partial charge >= 0.3 is 5.97 Å². The maximum atomic E-state index is 13.3. The maximum absolute atomic E-state index is 13.3. The maximum Gasteiger partial charge on any atom is 0.342 e. The molecular formula is C19H20FNO5. The predicted molar refractivity (Wildman–Crippen MR) is 92.4 cm³/mol. The van der Waals surface area contributed by atoms with E-state index >= 15 is 0 Å². The third kappa shape index (κ3) is 4.95. The molecule has 1 amide bonds. The van der Waals surface area contributed by atoms with Crippen LogP contribution in [0.4, 0.5) is 4.39 Å². The average Bonchev–Trinajstić information content (AvgIpc) is 2.63. The summed E-state index contributed by atoms with van der Waals surface area (Å²) in [6.07, 6.45) is 0. The summed E-state index contributed by atoms with van der Waals surface area (Å²) in [5, 5.41) is 9.82. The lowest BCUT2D eigenvalue weighted by Crippen LogP contribution is -2.34. The van der Waals surface area contributed by atoms with Crippen LogP contribution in [0.3, 0.4) is 0 Å². The molecule has 0 aromatic heterocycles. The number of nitrogens with zero attached hydrogens (tertiary/aromatic N) is 1. The predicted octanol–water partition coefficient (Wildman–Crippen LogP) is 2.75. The second-order valence-electron chi connectivity index (χ2n) is 5.50. The zero-order valence-corrected chi connectivity index (χ0v) is 14.6. The van der Waals surface area contributed by atoms with E-state index in [-0.39, 0.29) is 23.7 Å². The number of aromatic hydroxyl groups is 1. The van der Waals surface area contributed by atoms with Gasteiger partial charge in [0.05, 0.1) is 7.11 Å². The number of carbonyl (C=O) groups is 2. The molecule has 0 spiro atoms. The van der Waals surface area contributed by atoms with Crippen LogP contribution in [0.5, 0.6) is 11.5 Å². The van der Waals surface area contributed by atoms with Crippen molar-refractivity contribution in [3.63, 3.8) is 0 Å². The summed E-state index contributed by atoms with van der Waals surface area (Å²) >= 11 is 0. The molecule has 0 heterocycles. The van der Waals surface area contributed by atoms with E-state index in [0.29, 0.717) is 17.9 Å². The van der Waals surface area contributed by atoms with Crippen molar-refractivity contribution in [2.45, 2.75) is 13.5 Å². The molecule has 138 valence electrons. The summed E-state index contributed by atoms with van der Waals surface area (Å²) in [5.41, 5.74) is 0.575. The van der Waals surface area contributed by atoms with Crippen LogP contribution in [0.15, 0.2) is 42.5 Å². The molecule has 0 fully saturated rings. The molecule has 0 aliphatic heterocycles. The van der Waals surface area contributed by atoms with Crippen molar-refractivity contribution < 1.29 is 28.6 Å². The van der Waals surface area contributed by atoms with Gasteiger partial charge in [-0.2, -0.15) is 0 Å². The molecule has 0 aliphatic rings. The van der Waals surface area contributed by atoms with Crippen LogP contribution in [0.25, 0.3) is 0 Å². The van der Waals surface area contributed by atoms with Gasteiger partial charge in [0.2, 0.25) is 0 Å². The number of hydrogen-bond donors (Lipinski definition) is 1. The van der Waals surface area contributed by atoms with E-state index in [9.17, 15) is 19.1 Å². The van der Waals surface area contributed by atoms with Crippen LogP contribution in [0, 0.1) is 5.82 Å². The smallest absolute Gasteiger partial charge is 0.342 e. The molecular weight excluding hydrogens is 341 g/mol. The molecule has 6 nitrogen and oxygen atoms in total. The van der Waals surface area contributed by atoms with E-state index in [4.69, 9.17) is 9.47 Å². The average molecular weight is 361 g/mol. The Balaban J connectivity index is 1.96. The highest BCUT2D eigenvalue weighted by Gasteiger charge is 2.18. The Hall–Kier alpha value is -3.09. The van der Waals surface area contributed by atoms with Crippen molar-refractivity contribution in [1.82, 2.24) is 4.90 Å². The Morgan fingerprint density at radius 1 is 1.19 bits per heavy atom. The zero-order valence-electron chi connectivity index (χ0n) is 14.6. The molecule has 0 radical (unpaired) electrons. The Bertz CT molecular complexity index is 793. The zero-order chi connectivity index (χ0) is 19.1. The van der Waals surface area contributed by atoms with E-state index in [1.165, 1.54) is 42.3 Å². The van der Waals surface area contributed by atoms with Gasteiger partial charge in [-0.15, -0.1) is 0 Å². The first-order valence-electron chi connectivity index (χ1n) is 8.01. The van der Waals surface area contributed by atoms with Crippen molar-refractivity contribution in [1.29, 1.82) is 0 Å². The van der Waals surface area contributed by atoms with Crippen molar-refractivity contribution in [2.75, 3.05) is 20.3 Å². The fraction of sp³-hybridized carbons (Fsp3) is 0.263. The second kappa shape index (κ2) is 8.84. The molecule has 0 saturated heterocycles. The molecule has 7 heteroatoms. The minimum atomic E-state index is -0.819. The van der Waals surface area contributed by atoms with Gasteiger partial charge in [0.15, 0.2) is 6.61 Å². The standard InChI is InChI=1S/C19H20FNO5/c1-3-21(11-13-5-4-6-14(20)9-13)18(23)12-26-19(24)16-8-7-15(25-2)10-17(16)22/h4-10,22H,3,11-12H2,1-2H3. The number of rotatable bonds is 7.